The van der Waals surface area contributed by atoms with Crippen molar-refractivity contribution in [3.8, 4) is 0 Å². The summed E-state index contributed by atoms with van der Waals surface area (Å²) in [4.78, 5) is 46.0. The molecule has 0 heterocycles. The van der Waals surface area contributed by atoms with Crippen LogP contribution in [0.4, 0.5) is 0 Å². The van der Waals surface area contributed by atoms with Crippen LogP contribution >= 0.6 is 0 Å². The lowest BCUT2D eigenvalue weighted by molar-refractivity contribution is -0.137. The first kappa shape index (κ1) is 34.6. The molecule has 0 unspecified atom stereocenters. The molecule has 0 atom stereocenters. The van der Waals surface area contributed by atoms with Crippen molar-refractivity contribution in [2.75, 3.05) is 0 Å². The maximum absolute atomic E-state index is 10.0. The molecular weight excluding hydrogens is 352 g/mol. The highest BCUT2D eigenvalue weighted by atomic mass is 16.4. The van der Waals surface area contributed by atoms with Crippen LogP contribution in [0.2, 0.25) is 0 Å². The molecular formula is C16H32O10. The average molecular weight is 384 g/mol. The van der Waals surface area contributed by atoms with E-state index in [2.05, 4.69) is 6.92 Å². The summed E-state index contributed by atoms with van der Waals surface area (Å²) in [5.41, 5.74) is 0. The average Bonchev–Trinajstić information content (AvgIpc) is 2.35. The van der Waals surface area contributed by atoms with E-state index in [4.69, 9.17) is 44.7 Å². The minimum Gasteiger partial charge on any atom is -0.481 e. The molecule has 0 saturated carbocycles. The van der Waals surface area contributed by atoms with Crippen LogP contribution in [0.25, 0.3) is 0 Å². The van der Waals surface area contributed by atoms with Crippen LogP contribution in [-0.2, 0) is 24.0 Å². The zero-order valence-electron chi connectivity index (χ0n) is 16.0. The van der Waals surface area contributed by atoms with E-state index in [-0.39, 0.29) is 0 Å². The standard InChI is InChI=1S/C8H16O2.4C2H4O2/c1-2-3-4-5-6-7-8(9)10;4*1-2(3)4/h2-7H2,1H3,(H,9,10);4*1H3,(H,3,4). The molecule has 0 aromatic carbocycles. The van der Waals surface area contributed by atoms with Gasteiger partial charge < -0.3 is 25.5 Å². The Morgan fingerprint density at radius 3 is 0.962 bits per heavy atom. The van der Waals surface area contributed by atoms with E-state index < -0.39 is 29.8 Å². The van der Waals surface area contributed by atoms with E-state index in [0.717, 1.165) is 40.5 Å². The number of carboxylic acid groups (broad SMARTS) is 5. The van der Waals surface area contributed by atoms with Crippen molar-refractivity contribution < 1.29 is 49.5 Å². The minimum atomic E-state index is -0.833. The Hall–Kier alpha value is -2.65. The van der Waals surface area contributed by atoms with Gasteiger partial charge in [0.05, 0.1) is 0 Å². The van der Waals surface area contributed by atoms with Crippen molar-refractivity contribution in [1.29, 1.82) is 0 Å². The third kappa shape index (κ3) is 467. The van der Waals surface area contributed by atoms with Crippen LogP contribution in [0, 0.1) is 0 Å². The predicted molar refractivity (Wildman–Crippen MR) is 94.3 cm³/mol. The van der Waals surface area contributed by atoms with Gasteiger partial charge in [-0.25, -0.2) is 0 Å². The van der Waals surface area contributed by atoms with E-state index >= 15 is 0 Å². The number of hydrogen-bond donors (Lipinski definition) is 5. The molecule has 26 heavy (non-hydrogen) atoms. The molecule has 5 N–H and O–H groups in total. The molecule has 0 aliphatic rings. The normalized spacial score (nSPS) is 7.58. The number of carboxylic acids is 5. The largest absolute Gasteiger partial charge is 0.481 e. The molecule has 0 amide bonds. The molecule has 0 rings (SSSR count). The van der Waals surface area contributed by atoms with Gasteiger partial charge in [-0.1, -0.05) is 32.6 Å². The van der Waals surface area contributed by atoms with Gasteiger partial charge >= 0.3 is 5.97 Å². The maximum Gasteiger partial charge on any atom is 0.303 e. The molecule has 0 saturated heterocycles. The lowest BCUT2D eigenvalue weighted by Gasteiger charge is -1.95. The monoisotopic (exact) mass is 384 g/mol. The van der Waals surface area contributed by atoms with Crippen LogP contribution in [0.15, 0.2) is 0 Å². The summed E-state index contributed by atoms with van der Waals surface area (Å²) in [6.07, 6.45) is 5.88. The van der Waals surface area contributed by atoms with Crippen molar-refractivity contribution in [2.24, 2.45) is 0 Å². The highest BCUT2D eigenvalue weighted by Crippen LogP contribution is 2.04. The quantitative estimate of drug-likeness (QED) is 0.426. The SMILES string of the molecule is CC(=O)O.CC(=O)O.CC(=O)O.CC(=O)O.CCCCCCCC(=O)O. The molecule has 156 valence electrons. The molecule has 0 aromatic heterocycles. The minimum absolute atomic E-state index is 0.337. The van der Waals surface area contributed by atoms with E-state index in [1.54, 1.807) is 0 Å². The first-order chi connectivity index (χ1) is 11.7. The summed E-state index contributed by atoms with van der Waals surface area (Å²) in [6.45, 7) is 6.48. The van der Waals surface area contributed by atoms with Crippen molar-refractivity contribution in [1.82, 2.24) is 0 Å². The van der Waals surface area contributed by atoms with Gasteiger partial charge in [0.2, 0.25) is 0 Å². The zero-order valence-corrected chi connectivity index (χ0v) is 16.0. The summed E-state index contributed by atoms with van der Waals surface area (Å²) in [5, 5.41) is 37.9. The summed E-state index contributed by atoms with van der Waals surface area (Å²) in [6, 6.07) is 0. The highest BCUT2D eigenvalue weighted by Gasteiger charge is 1.94. The van der Waals surface area contributed by atoms with Gasteiger partial charge in [-0.05, 0) is 6.42 Å². The summed E-state index contributed by atoms with van der Waals surface area (Å²) >= 11 is 0. The van der Waals surface area contributed by atoms with Crippen LogP contribution in [0.5, 0.6) is 0 Å². The van der Waals surface area contributed by atoms with Gasteiger partial charge in [0, 0.05) is 34.1 Å². The van der Waals surface area contributed by atoms with Crippen LogP contribution in [-0.4, -0.2) is 55.4 Å². The summed E-state index contributed by atoms with van der Waals surface area (Å²) in [5.74, 6) is -4.00. The fraction of sp³-hybridized carbons (Fsp3) is 0.688. The Morgan fingerprint density at radius 1 is 0.538 bits per heavy atom. The topological polar surface area (TPSA) is 186 Å². The first-order valence-corrected chi connectivity index (χ1v) is 7.70. The Balaban J connectivity index is -0.0000000776. The molecule has 10 nitrogen and oxygen atoms in total. The lowest BCUT2D eigenvalue weighted by atomic mass is 10.1. The number of aliphatic carboxylic acids is 5. The van der Waals surface area contributed by atoms with Crippen molar-refractivity contribution in [3.63, 3.8) is 0 Å². The third-order valence-corrected chi connectivity index (χ3v) is 1.49. The van der Waals surface area contributed by atoms with E-state index in [1.165, 1.54) is 19.3 Å². The Kier molecular flexibility index (Phi) is 40.3. The molecule has 0 radical (unpaired) electrons. The summed E-state index contributed by atoms with van der Waals surface area (Å²) in [7, 11) is 0. The van der Waals surface area contributed by atoms with E-state index in [0.29, 0.717) is 6.42 Å². The fourth-order valence-corrected chi connectivity index (χ4v) is 0.880. The van der Waals surface area contributed by atoms with Crippen LogP contribution in [0.1, 0.15) is 73.1 Å². The van der Waals surface area contributed by atoms with Crippen LogP contribution < -0.4 is 0 Å². The maximum atomic E-state index is 10.0. The molecule has 0 spiro atoms. The molecule has 10 heteroatoms. The molecule has 0 bridgehead atoms. The number of carbonyl (C=O) groups is 5. The number of rotatable bonds is 6. The van der Waals surface area contributed by atoms with Gasteiger partial charge in [-0.3, -0.25) is 24.0 Å². The zero-order chi connectivity index (χ0) is 22.1. The Labute approximate surface area is 153 Å². The number of hydrogen-bond acceptors (Lipinski definition) is 5. The predicted octanol–water partition coefficient (Wildman–Crippen LogP) is 2.80. The first-order valence-electron chi connectivity index (χ1n) is 7.70. The second kappa shape index (κ2) is 30.3. The Morgan fingerprint density at radius 2 is 0.769 bits per heavy atom. The van der Waals surface area contributed by atoms with Crippen molar-refractivity contribution in [3.05, 3.63) is 0 Å². The van der Waals surface area contributed by atoms with Crippen molar-refractivity contribution in [2.45, 2.75) is 73.1 Å². The second-order valence-corrected chi connectivity index (χ2v) is 4.63. The fourth-order valence-electron chi connectivity index (χ4n) is 0.880. The van der Waals surface area contributed by atoms with Gasteiger partial charge in [0.25, 0.3) is 23.9 Å². The second-order valence-electron chi connectivity index (χ2n) is 4.63. The molecule has 0 aliphatic heterocycles. The number of unbranched alkanes of at least 4 members (excludes halogenated alkanes) is 4. The van der Waals surface area contributed by atoms with Gasteiger partial charge in [0.1, 0.15) is 0 Å². The van der Waals surface area contributed by atoms with E-state index in [9.17, 15) is 4.79 Å². The Bertz CT molecular complexity index is 313. The molecule has 0 aromatic rings. The van der Waals surface area contributed by atoms with Gasteiger partial charge in [-0.2, -0.15) is 0 Å². The molecule has 0 aliphatic carbocycles. The van der Waals surface area contributed by atoms with Crippen LogP contribution in [0.3, 0.4) is 0 Å². The van der Waals surface area contributed by atoms with Gasteiger partial charge in [0.15, 0.2) is 0 Å². The third-order valence-electron chi connectivity index (χ3n) is 1.49. The molecule has 0 fully saturated rings. The van der Waals surface area contributed by atoms with Gasteiger partial charge in [-0.15, -0.1) is 0 Å². The van der Waals surface area contributed by atoms with Crippen molar-refractivity contribution >= 4 is 29.8 Å². The summed E-state index contributed by atoms with van der Waals surface area (Å²) < 4.78 is 0. The highest BCUT2D eigenvalue weighted by molar-refractivity contribution is 5.66. The lowest BCUT2D eigenvalue weighted by Crippen LogP contribution is -1.93. The smallest absolute Gasteiger partial charge is 0.303 e. The van der Waals surface area contributed by atoms with E-state index in [1.807, 2.05) is 0 Å².